The Kier molecular flexibility index (Phi) is 2.09. The van der Waals surface area contributed by atoms with Gasteiger partial charge in [0.1, 0.15) is 0 Å². The molecule has 1 aliphatic carbocycles. The first kappa shape index (κ1) is 9.09. The SMILES string of the molecule is NC1CCN(c2nccc(C3CC3)n2)C1. The molecule has 1 aromatic heterocycles. The summed E-state index contributed by atoms with van der Waals surface area (Å²) in [6.45, 7) is 1.89. The average Bonchev–Trinajstić information content (AvgIpc) is 3.02. The molecule has 0 bridgehead atoms. The van der Waals surface area contributed by atoms with Crippen molar-refractivity contribution in [3.63, 3.8) is 0 Å². The third-order valence-corrected chi connectivity index (χ3v) is 3.17. The molecule has 1 saturated heterocycles. The summed E-state index contributed by atoms with van der Waals surface area (Å²) in [5.74, 6) is 1.57. The van der Waals surface area contributed by atoms with E-state index in [-0.39, 0.29) is 6.04 Å². The Bertz CT molecular complexity index is 361. The molecular weight excluding hydrogens is 188 g/mol. The molecule has 3 rings (SSSR count). The first-order valence-corrected chi connectivity index (χ1v) is 5.66. The molecule has 0 amide bonds. The maximum Gasteiger partial charge on any atom is 0.225 e. The zero-order chi connectivity index (χ0) is 10.3. The molecule has 2 heterocycles. The molecule has 0 spiro atoms. The van der Waals surface area contributed by atoms with E-state index >= 15 is 0 Å². The minimum absolute atomic E-state index is 0.290. The highest BCUT2D eigenvalue weighted by molar-refractivity contribution is 5.33. The van der Waals surface area contributed by atoms with Crippen LogP contribution in [0.1, 0.15) is 30.9 Å². The van der Waals surface area contributed by atoms with E-state index in [1.54, 1.807) is 0 Å². The second-order valence-corrected chi connectivity index (χ2v) is 4.55. The predicted molar refractivity (Wildman–Crippen MR) is 58.8 cm³/mol. The van der Waals surface area contributed by atoms with Crippen molar-refractivity contribution in [2.75, 3.05) is 18.0 Å². The van der Waals surface area contributed by atoms with Gasteiger partial charge in [-0.25, -0.2) is 9.97 Å². The zero-order valence-electron chi connectivity index (χ0n) is 8.76. The maximum absolute atomic E-state index is 5.88. The van der Waals surface area contributed by atoms with Crippen LogP contribution in [0.5, 0.6) is 0 Å². The van der Waals surface area contributed by atoms with Gasteiger partial charge >= 0.3 is 0 Å². The lowest BCUT2D eigenvalue weighted by Gasteiger charge is -2.15. The summed E-state index contributed by atoms with van der Waals surface area (Å²) >= 11 is 0. The Balaban J connectivity index is 1.81. The van der Waals surface area contributed by atoms with E-state index in [2.05, 4.69) is 14.9 Å². The van der Waals surface area contributed by atoms with Crippen molar-refractivity contribution in [1.82, 2.24) is 9.97 Å². The van der Waals surface area contributed by atoms with Crippen LogP contribution in [0.25, 0.3) is 0 Å². The van der Waals surface area contributed by atoms with Gasteiger partial charge in [-0.05, 0) is 25.3 Å². The first-order valence-electron chi connectivity index (χ1n) is 5.66. The lowest BCUT2D eigenvalue weighted by atomic mass is 10.3. The summed E-state index contributed by atoms with van der Waals surface area (Å²) in [6.07, 6.45) is 5.50. The molecular formula is C11H16N4. The molecule has 2 N–H and O–H groups in total. The van der Waals surface area contributed by atoms with Gasteiger partial charge in [-0.3, -0.25) is 0 Å². The van der Waals surface area contributed by atoms with Gasteiger partial charge in [0.15, 0.2) is 0 Å². The van der Waals surface area contributed by atoms with Gasteiger partial charge < -0.3 is 10.6 Å². The topological polar surface area (TPSA) is 55.0 Å². The Morgan fingerprint density at radius 2 is 2.20 bits per heavy atom. The minimum atomic E-state index is 0.290. The number of nitrogens with zero attached hydrogens (tertiary/aromatic N) is 3. The molecule has 1 saturated carbocycles. The Morgan fingerprint density at radius 3 is 2.87 bits per heavy atom. The summed E-state index contributed by atoms with van der Waals surface area (Å²) < 4.78 is 0. The van der Waals surface area contributed by atoms with Gasteiger partial charge in [0.05, 0.1) is 0 Å². The molecule has 0 radical (unpaired) electrons. The van der Waals surface area contributed by atoms with E-state index < -0.39 is 0 Å². The molecule has 80 valence electrons. The van der Waals surface area contributed by atoms with Crippen LogP contribution in [0.3, 0.4) is 0 Å². The van der Waals surface area contributed by atoms with Gasteiger partial charge in [0.2, 0.25) is 5.95 Å². The fourth-order valence-electron chi connectivity index (χ4n) is 2.09. The number of aromatic nitrogens is 2. The summed E-state index contributed by atoms with van der Waals surface area (Å²) in [7, 11) is 0. The second-order valence-electron chi connectivity index (χ2n) is 4.55. The van der Waals surface area contributed by atoms with Crippen LogP contribution < -0.4 is 10.6 Å². The number of rotatable bonds is 2. The van der Waals surface area contributed by atoms with Crippen molar-refractivity contribution in [3.05, 3.63) is 18.0 Å². The third-order valence-electron chi connectivity index (χ3n) is 3.17. The summed E-state index contributed by atoms with van der Waals surface area (Å²) in [5.41, 5.74) is 7.08. The summed E-state index contributed by atoms with van der Waals surface area (Å²) in [6, 6.07) is 2.33. The predicted octanol–water partition coefficient (Wildman–Crippen LogP) is 0.891. The molecule has 2 fully saturated rings. The van der Waals surface area contributed by atoms with E-state index in [4.69, 9.17) is 5.73 Å². The monoisotopic (exact) mass is 204 g/mol. The van der Waals surface area contributed by atoms with Crippen molar-refractivity contribution in [2.45, 2.75) is 31.2 Å². The quantitative estimate of drug-likeness (QED) is 0.777. The standard InChI is InChI=1S/C11H16N4/c12-9-4-6-15(7-9)11-13-5-3-10(14-11)8-1-2-8/h3,5,8-9H,1-2,4,6-7,12H2. The minimum Gasteiger partial charge on any atom is -0.339 e. The largest absolute Gasteiger partial charge is 0.339 e. The number of hydrogen-bond donors (Lipinski definition) is 1. The summed E-state index contributed by atoms with van der Waals surface area (Å²) in [5, 5.41) is 0. The van der Waals surface area contributed by atoms with E-state index in [0.29, 0.717) is 5.92 Å². The molecule has 4 heteroatoms. The normalized spacial score (nSPS) is 25.9. The van der Waals surface area contributed by atoms with Crippen LogP contribution >= 0.6 is 0 Å². The Labute approximate surface area is 89.5 Å². The van der Waals surface area contributed by atoms with Gasteiger partial charge in [0.25, 0.3) is 0 Å². The number of nitrogens with two attached hydrogens (primary N) is 1. The fourth-order valence-corrected chi connectivity index (χ4v) is 2.09. The fraction of sp³-hybridized carbons (Fsp3) is 0.636. The van der Waals surface area contributed by atoms with Crippen molar-refractivity contribution in [2.24, 2.45) is 5.73 Å². The molecule has 1 atom stereocenters. The lowest BCUT2D eigenvalue weighted by molar-refractivity contribution is 0.749. The van der Waals surface area contributed by atoms with E-state index in [9.17, 15) is 0 Å². The molecule has 2 aliphatic rings. The highest BCUT2D eigenvalue weighted by Gasteiger charge is 2.27. The van der Waals surface area contributed by atoms with Crippen LogP contribution in [-0.4, -0.2) is 29.1 Å². The van der Waals surface area contributed by atoms with E-state index in [0.717, 1.165) is 25.5 Å². The third kappa shape index (κ3) is 1.81. The van der Waals surface area contributed by atoms with Crippen LogP contribution in [0.2, 0.25) is 0 Å². The Morgan fingerprint density at radius 1 is 1.33 bits per heavy atom. The van der Waals surface area contributed by atoms with Gasteiger partial charge in [-0.2, -0.15) is 0 Å². The smallest absolute Gasteiger partial charge is 0.225 e. The molecule has 0 aromatic carbocycles. The van der Waals surface area contributed by atoms with Crippen LogP contribution in [0, 0.1) is 0 Å². The summed E-state index contributed by atoms with van der Waals surface area (Å²) in [4.78, 5) is 11.1. The van der Waals surface area contributed by atoms with Crippen LogP contribution in [-0.2, 0) is 0 Å². The van der Waals surface area contributed by atoms with Crippen molar-refractivity contribution < 1.29 is 0 Å². The molecule has 4 nitrogen and oxygen atoms in total. The number of hydrogen-bond acceptors (Lipinski definition) is 4. The van der Waals surface area contributed by atoms with Gasteiger partial charge in [-0.15, -0.1) is 0 Å². The lowest BCUT2D eigenvalue weighted by Crippen LogP contribution is -2.27. The highest BCUT2D eigenvalue weighted by Crippen LogP contribution is 2.39. The van der Waals surface area contributed by atoms with E-state index in [1.165, 1.54) is 18.5 Å². The highest BCUT2D eigenvalue weighted by atomic mass is 15.3. The molecule has 1 aromatic rings. The molecule has 1 aliphatic heterocycles. The van der Waals surface area contributed by atoms with Crippen molar-refractivity contribution in [1.29, 1.82) is 0 Å². The van der Waals surface area contributed by atoms with Crippen molar-refractivity contribution >= 4 is 5.95 Å². The van der Waals surface area contributed by atoms with Crippen molar-refractivity contribution in [3.8, 4) is 0 Å². The Hall–Kier alpha value is -1.16. The second kappa shape index (κ2) is 3.45. The average molecular weight is 204 g/mol. The number of anilines is 1. The first-order chi connectivity index (χ1) is 7.33. The molecule has 1 unspecified atom stereocenters. The van der Waals surface area contributed by atoms with E-state index in [1.807, 2.05) is 12.3 Å². The zero-order valence-corrected chi connectivity index (χ0v) is 8.76. The van der Waals surface area contributed by atoms with Crippen LogP contribution in [0.4, 0.5) is 5.95 Å². The van der Waals surface area contributed by atoms with Gasteiger partial charge in [-0.1, -0.05) is 0 Å². The maximum atomic E-state index is 5.88. The van der Waals surface area contributed by atoms with Gasteiger partial charge in [0, 0.05) is 36.9 Å². The molecule has 15 heavy (non-hydrogen) atoms. The van der Waals surface area contributed by atoms with Crippen LogP contribution in [0.15, 0.2) is 12.3 Å².